The molecule has 154 valence electrons. The van der Waals surface area contributed by atoms with Crippen LogP contribution in [0.15, 0.2) is 42.5 Å². The van der Waals surface area contributed by atoms with E-state index in [9.17, 15) is 19.6 Å². The Hall–Kier alpha value is -2.71. The Kier molecular flexibility index (Phi) is 12.0. The lowest BCUT2D eigenvalue weighted by atomic mass is 10.2. The highest BCUT2D eigenvalue weighted by Gasteiger charge is 2.07. The molecule has 1 aromatic carbocycles. The molecule has 8 heteroatoms. The zero-order chi connectivity index (χ0) is 20.6. The summed E-state index contributed by atoms with van der Waals surface area (Å²) in [6.45, 7) is 1.77. The van der Waals surface area contributed by atoms with Gasteiger partial charge < -0.3 is 15.7 Å². The fourth-order valence-corrected chi connectivity index (χ4v) is 2.43. The number of nitrogens with zero attached hydrogens (tertiary/aromatic N) is 1. The van der Waals surface area contributed by atoms with Crippen LogP contribution in [-0.2, 0) is 14.4 Å². The van der Waals surface area contributed by atoms with Crippen molar-refractivity contribution < 1.29 is 24.7 Å². The lowest BCUT2D eigenvalue weighted by Crippen LogP contribution is -2.27. The van der Waals surface area contributed by atoms with Crippen LogP contribution in [0, 0.1) is 0 Å². The fourth-order valence-electron chi connectivity index (χ4n) is 2.43. The third kappa shape index (κ3) is 11.8. The molecule has 0 spiro atoms. The molecule has 0 bridgehead atoms. The number of nitrogens with one attached hydrogen (secondary N) is 2. The molecule has 2 amide bonds. The molecule has 0 aliphatic carbocycles. The molecule has 0 atom stereocenters. The number of amides is 2. The number of carboxylic acid groups (broad SMARTS) is 1. The summed E-state index contributed by atoms with van der Waals surface area (Å²) in [6.07, 6.45) is 6.19. The maximum absolute atomic E-state index is 11.8. The van der Waals surface area contributed by atoms with Gasteiger partial charge >= 0.3 is 5.97 Å². The predicted octanol–water partition coefficient (Wildman–Crippen LogP) is 2.41. The smallest absolute Gasteiger partial charge is 0.328 e. The number of carbonyl (C=O) groups excluding carboxylic acids is 2. The van der Waals surface area contributed by atoms with Gasteiger partial charge in [-0.15, -0.1) is 0 Å². The summed E-state index contributed by atoms with van der Waals surface area (Å²) < 4.78 is 0. The Morgan fingerprint density at radius 2 is 1.61 bits per heavy atom. The van der Waals surface area contributed by atoms with Gasteiger partial charge in [0.2, 0.25) is 5.91 Å². The number of rotatable bonds is 14. The van der Waals surface area contributed by atoms with E-state index in [1.165, 1.54) is 0 Å². The van der Waals surface area contributed by atoms with Gasteiger partial charge in [-0.2, -0.15) is 0 Å². The van der Waals surface area contributed by atoms with E-state index in [0.717, 1.165) is 50.5 Å². The molecule has 0 heterocycles. The molecule has 8 nitrogen and oxygen atoms in total. The van der Waals surface area contributed by atoms with Crippen molar-refractivity contribution >= 4 is 23.5 Å². The second kappa shape index (κ2) is 14.4. The third-order valence-corrected chi connectivity index (χ3v) is 3.91. The lowest BCUT2D eigenvalue weighted by Gasteiger charge is -2.12. The zero-order valence-electron chi connectivity index (χ0n) is 16.0. The summed E-state index contributed by atoms with van der Waals surface area (Å²) >= 11 is 0. The van der Waals surface area contributed by atoms with E-state index in [2.05, 4.69) is 10.6 Å². The average molecular weight is 391 g/mol. The van der Waals surface area contributed by atoms with E-state index < -0.39 is 11.9 Å². The maximum atomic E-state index is 11.8. The van der Waals surface area contributed by atoms with Gasteiger partial charge in [-0.05, 0) is 50.9 Å². The van der Waals surface area contributed by atoms with Crippen LogP contribution in [0.1, 0.15) is 38.5 Å². The molecule has 0 fully saturated rings. The van der Waals surface area contributed by atoms with Gasteiger partial charge in [0.05, 0.1) is 0 Å². The Morgan fingerprint density at radius 3 is 2.29 bits per heavy atom. The topological polar surface area (TPSA) is 119 Å². The van der Waals surface area contributed by atoms with Crippen LogP contribution in [-0.4, -0.2) is 52.8 Å². The standard InChI is InChI=1S/C20H29N3O5/c24-18(22-17-9-3-1-4-10-17)11-5-2-6-14-21-15-7-8-16-23(28)19(25)12-13-20(26)27/h1,3-4,9-10,12-13,21,28H,2,5-8,11,14-16H2,(H,22,24)(H,26,27). The average Bonchev–Trinajstić information content (AvgIpc) is 2.68. The van der Waals surface area contributed by atoms with Gasteiger partial charge in [0.15, 0.2) is 0 Å². The monoisotopic (exact) mass is 391 g/mol. The normalized spacial score (nSPS) is 10.8. The van der Waals surface area contributed by atoms with E-state index in [-0.39, 0.29) is 12.5 Å². The number of anilines is 1. The van der Waals surface area contributed by atoms with Crippen LogP contribution < -0.4 is 10.6 Å². The van der Waals surface area contributed by atoms with Crippen molar-refractivity contribution in [3.05, 3.63) is 42.5 Å². The summed E-state index contributed by atoms with van der Waals surface area (Å²) in [5, 5.41) is 24.5. The van der Waals surface area contributed by atoms with E-state index >= 15 is 0 Å². The largest absolute Gasteiger partial charge is 0.478 e. The van der Waals surface area contributed by atoms with Crippen molar-refractivity contribution in [1.82, 2.24) is 10.4 Å². The van der Waals surface area contributed by atoms with Crippen molar-refractivity contribution in [3.63, 3.8) is 0 Å². The number of benzene rings is 1. The molecule has 28 heavy (non-hydrogen) atoms. The Balaban J connectivity index is 1.93. The molecule has 0 aliphatic rings. The molecular formula is C20H29N3O5. The highest BCUT2D eigenvalue weighted by atomic mass is 16.5. The molecular weight excluding hydrogens is 362 g/mol. The maximum Gasteiger partial charge on any atom is 0.328 e. The number of carboxylic acids is 1. The predicted molar refractivity (Wildman–Crippen MR) is 106 cm³/mol. The van der Waals surface area contributed by atoms with Gasteiger partial charge in [-0.25, -0.2) is 9.86 Å². The van der Waals surface area contributed by atoms with Crippen molar-refractivity contribution in [2.24, 2.45) is 0 Å². The van der Waals surface area contributed by atoms with Crippen LogP contribution in [0.2, 0.25) is 0 Å². The Labute approximate surface area is 165 Å². The van der Waals surface area contributed by atoms with E-state index in [1.807, 2.05) is 30.3 Å². The Morgan fingerprint density at radius 1 is 0.929 bits per heavy atom. The van der Waals surface area contributed by atoms with Gasteiger partial charge in [-0.1, -0.05) is 24.6 Å². The molecule has 0 saturated heterocycles. The summed E-state index contributed by atoms with van der Waals surface area (Å²) in [5.41, 5.74) is 0.815. The molecule has 1 aromatic rings. The van der Waals surface area contributed by atoms with Crippen molar-refractivity contribution in [3.8, 4) is 0 Å². The Bertz CT molecular complexity index is 634. The van der Waals surface area contributed by atoms with Crippen LogP contribution in [0.25, 0.3) is 0 Å². The van der Waals surface area contributed by atoms with Gasteiger partial charge in [0.25, 0.3) is 5.91 Å². The minimum atomic E-state index is -1.23. The van der Waals surface area contributed by atoms with Gasteiger partial charge in [-0.3, -0.25) is 14.8 Å². The lowest BCUT2D eigenvalue weighted by molar-refractivity contribution is -0.159. The molecule has 0 saturated carbocycles. The number of hydroxylamine groups is 2. The number of unbranched alkanes of at least 4 members (excludes halogenated alkanes) is 3. The minimum Gasteiger partial charge on any atom is -0.478 e. The number of carbonyl (C=O) groups is 3. The molecule has 0 aromatic heterocycles. The van der Waals surface area contributed by atoms with Crippen molar-refractivity contribution in [1.29, 1.82) is 0 Å². The van der Waals surface area contributed by atoms with Crippen LogP contribution >= 0.6 is 0 Å². The minimum absolute atomic E-state index is 0.0282. The SMILES string of the molecule is O=C(O)C=CC(=O)N(O)CCCCNCCCCCC(=O)Nc1ccccc1. The van der Waals surface area contributed by atoms with E-state index in [0.29, 0.717) is 24.0 Å². The second-order valence-corrected chi connectivity index (χ2v) is 6.31. The summed E-state index contributed by atoms with van der Waals surface area (Å²) in [6, 6.07) is 9.39. The second-order valence-electron chi connectivity index (χ2n) is 6.31. The number of para-hydroxylation sites is 1. The number of aliphatic carboxylic acids is 1. The molecule has 0 radical (unpaired) electrons. The van der Waals surface area contributed by atoms with E-state index in [1.54, 1.807) is 0 Å². The van der Waals surface area contributed by atoms with Crippen LogP contribution in [0.3, 0.4) is 0 Å². The number of hydrogen-bond acceptors (Lipinski definition) is 5. The van der Waals surface area contributed by atoms with Crippen LogP contribution in [0.5, 0.6) is 0 Å². The first-order valence-electron chi connectivity index (χ1n) is 9.46. The molecule has 0 aliphatic heterocycles. The molecule has 0 unspecified atom stereocenters. The zero-order valence-corrected chi connectivity index (χ0v) is 16.0. The quantitative estimate of drug-likeness (QED) is 0.167. The fraction of sp³-hybridized carbons (Fsp3) is 0.450. The number of hydrogen-bond donors (Lipinski definition) is 4. The summed E-state index contributed by atoms with van der Waals surface area (Å²) in [4.78, 5) is 33.4. The molecule has 1 rings (SSSR count). The van der Waals surface area contributed by atoms with Crippen LogP contribution in [0.4, 0.5) is 5.69 Å². The molecule has 4 N–H and O–H groups in total. The van der Waals surface area contributed by atoms with Crippen molar-refractivity contribution in [2.45, 2.75) is 38.5 Å². The van der Waals surface area contributed by atoms with Crippen molar-refractivity contribution in [2.75, 3.05) is 25.0 Å². The first-order valence-corrected chi connectivity index (χ1v) is 9.46. The summed E-state index contributed by atoms with van der Waals surface area (Å²) in [5.74, 6) is -1.95. The van der Waals surface area contributed by atoms with Gasteiger partial charge in [0.1, 0.15) is 0 Å². The van der Waals surface area contributed by atoms with Gasteiger partial charge in [0, 0.05) is 30.8 Å². The summed E-state index contributed by atoms with van der Waals surface area (Å²) in [7, 11) is 0. The third-order valence-electron chi connectivity index (χ3n) is 3.91. The van der Waals surface area contributed by atoms with E-state index in [4.69, 9.17) is 5.11 Å². The highest BCUT2D eigenvalue weighted by Crippen LogP contribution is 2.07. The highest BCUT2D eigenvalue weighted by molar-refractivity contribution is 5.93. The first-order chi connectivity index (χ1) is 13.5. The first kappa shape index (κ1) is 23.3.